The number of Topliss-reactive ketones (excluding diaryl/α,β-unsaturated/α-hetero) is 1. The average Bonchev–Trinajstić information content (AvgIpc) is 2.34. The molecule has 0 aromatic carbocycles. The molecule has 0 spiro atoms. The fourth-order valence-electron chi connectivity index (χ4n) is 2.30. The van der Waals surface area contributed by atoms with Crippen LogP contribution in [0.3, 0.4) is 0 Å². The van der Waals surface area contributed by atoms with Crippen LogP contribution in [-0.4, -0.2) is 37.7 Å². The van der Waals surface area contributed by atoms with E-state index in [0.717, 1.165) is 12.8 Å². The zero-order valence-electron chi connectivity index (χ0n) is 11.6. The van der Waals surface area contributed by atoms with Crippen LogP contribution < -0.4 is 5.32 Å². The third kappa shape index (κ3) is 3.98. The van der Waals surface area contributed by atoms with Gasteiger partial charge < -0.3 is 14.8 Å². The molecule has 1 amide bonds. The van der Waals surface area contributed by atoms with Crippen LogP contribution in [0.2, 0.25) is 0 Å². The summed E-state index contributed by atoms with van der Waals surface area (Å²) in [7, 11) is 1.30. The van der Waals surface area contributed by atoms with Gasteiger partial charge in [-0.05, 0) is 25.7 Å². The minimum atomic E-state index is -0.548. The Morgan fingerprint density at radius 3 is 2.56 bits per heavy atom. The number of hydrogen-bond acceptors (Lipinski definition) is 4. The lowest BCUT2D eigenvalue weighted by Gasteiger charge is -2.33. The Morgan fingerprint density at radius 2 is 2.06 bits per heavy atom. The molecule has 3 atom stereocenters. The van der Waals surface area contributed by atoms with Gasteiger partial charge in [0.05, 0.1) is 19.3 Å². The van der Waals surface area contributed by atoms with Gasteiger partial charge in [-0.2, -0.15) is 0 Å². The van der Waals surface area contributed by atoms with Gasteiger partial charge in [-0.25, -0.2) is 4.79 Å². The predicted octanol–water partition coefficient (Wildman–Crippen LogP) is 1.75. The maximum Gasteiger partial charge on any atom is 0.407 e. The number of ether oxygens (including phenoxy) is 2. The smallest absolute Gasteiger partial charge is 0.407 e. The largest absolute Gasteiger partial charge is 0.453 e. The standard InChI is InChI=1S/C13H23NO4/c1-8(2)12(15)11(14-13(16)17-4)10-5-6-18-9(3)7-10/h8-11H,5-7H2,1-4H3,(H,14,16). The maximum atomic E-state index is 12.2. The summed E-state index contributed by atoms with van der Waals surface area (Å²) in [5.74, 6) is 0.0764. The van der Waals surface area contributed by atoms with E-state index in [-0.39, 0.29) is 23.7 Å². The molecule has 1 aliphatic rings. The van der Waals surface area contributed by atoms with Gasteiger partial charge in [0.25, 0.3) is 0 Å². The second-order valence-corrected chi connectivity index (χ2v) is 5.14. The number of nitrogens with one attached hydrogen (secondary N) is 1. The molecular weight excluding hydrogens is 234 g/mol. The molecule has 3 unspecified atom stereocenters. The van der Waals surface area contributed by atoms with Crippen LogP contribution in [0.4, 0.5) is 4.79 Å². The van der Waals surface area contributed by atoms with Gasteiger partial charge in [0.1, 0.15) is 0 Å². The molecule has 5 nitrogen and oxygen atoms in total. The first-order valence-electron chi connectivity index (χ1n) is 6.45. The summed E-state index contributed by atoms with van der Waals surface area (Å²) in [5, 5.41) is 2.67. The third-order valence-electron chi connectivity index (χ3n) is 3.33. The molecule has 1 N–H and O–H groups in total. The van der Waals surface area contributed by atoms with Gasteiger partial charge in [0.15, 0.2) is 5.78 Å². The van der Waals surface area contributed by atoms with Gasteiger partial charge in [0, 0.05) is 12.5 Å². The Balaban J connectivity index is 2.75. The lowest BCUT2D eigenvalue weighted by Crippen LogP contribution is -2.49. The van der Waals surface area contributed by atoms with Crippen LogP contribution in [0, 0.1) is 11.8 Å². The number of carbonyl (C=O) groups excluding carboxylic acids is 2. The van der Waals surface area contributed by atoms with E-state index in [0.29, 0.717) is 6.61 Å². The molecule has 1 fully saturated rings. The van der Waals surface area contributed by atoms with Crippen molar-refractivity contribution in [3.63, 3.8) is 0 Å². The average molecular weight is 257 g/mol. The van der Waals surface area contributed by atoms with Gasteiger partial charge in [-0.15, -0.1) is 0 Å². The number of amides is 1. The van der Waals surface area contributed by atoms with Crippen LogP contribution in [0.5, 0.6) is 0 Å². The Kier molecular flexibility index (Phi) is 5.59. The molecule has 5 heteroatoms. The molecule has 104 valence electrons. The van der Waals surface area contributed by atoms with Crippen molar-refractivity contribution in [2.45, 2.75) is 45.8 Å². The molecule has 1 rings (SSSR count). The number of rotatable bonds is 4. The minimum Gasteiger partial charge on any atom is -0.453 e. The highest BCUT2D eigenvalue weighted by Gasteiger charge is 2.34. The van der Waals surface area contributed by atoms with E-state index in [1.165, 1.54) is 7.11 Å². The molecule has 0 aromatic rings. The van der Waals surface area contributed by atoms with E-state index in [9.17, 15) is 9.59 Å². The number of alkyl carbamates (subject to hydrolysis) is 1. The second kappa shape index (κ2) is 6.73. The fourth-order valence-corrected chi connectivity index (χ4v) is 2.30. The molecule has 18 heavy (non-hydrogen) atoms. The van der Waals surface area contributed by atoms with Gasteiger partial charge in [-0.1, -0.05) is 13.8 Å². The third-order valence-corrected chi connectivity index (χ3v) is 3.33. The van der Waals surface area contributed by atoms with E-state index >= 15 is 0 Å². The van der Waals surface area contributed by atoms with E-state index in [4.69, 9.17) is 4.74 Å². The van der Waals surface area contributed by atoms with Gasteiger partial charge >= 0.3 is 6.09 Å². The molecule has 1 heterocycles. The Bertz CT molecular complexity index is 303. The van der Waals surface area contributed by atoms with Crippen molar-refractivity contribution in [3.8, 4) is 0 Å². The SMILES string of the molecule is COC(=O)NC(C(=O)C(C)C)C1CCOC(C)C1. The van der Waals surface area contributed by atoms with Crippen LogP contribution in [-0.2, 0) is 14.3 Å². The fraction of sp³-hybridized carbons (Fsp3) is 0.846. The summed E-state index contributed by atoms with van der Waals surface area (Å²) in [6, 6.07) is -0.469. The highest BCUT2D eigenvalue weighted by molar-refractivity contribution is 5.89. The number of ketones is 1. The monoisotopic (exact) mass is 257 g/mol. The minimum absolute atomic E-state index is 0.0551. The van der Waals surface area contributed by atoms with Crippen LogP contribution in [0.15, 0.2) is 0 Å². The van der Waals surface area contributed by atoms with Crippen molar-refractivity contribution in [1.29, 1.82) is 0 Å². The molecular formula is C13H23NO4. The first kappa shape index (κ1) is 15.0. The van der Waals surface area contributed by atoms with Crippen LogP contribution >= 0.6 is 0 Å². The van der Waals surface area contributed by atoms with Crippen LogP contribution in [0.1, 0.15) is 33.6 Å². The zero-order chi connectivity index (χ0) is 13.7. The summed E-state index contributed by atoms with van der Waals surface area (Å²) in [6.07, 6.45) is 1.16. The quantitative estimate of drug-likeness (QED) is 0.833. The van der Waals surface area contributed by atoms with Crippen molar-refractivity contribution in [1.82, 2.24) is 5.32 Å². The second-order valence-electron chi connectivity index (χ2n) is 5.14. The van der Waals surface area contributed by atoms with Crippen molar-refractivity contribution in [2.75, 3.05) is 13.7 Å². The van der Waals surface area contributed by atoms with E-state index in [1.807, 2.05) is 20.8 Å². The van der Waals surface area contributed by atoms with Crippen molar-refractivity contribution >= 4 is 11.9 Å². The molecule has 0 aliphatic carbocycles. The van der Waals surface area contributed by atoms with Crippen molar-refractivity contribution < 1.29 is 19.1 Å². The summed E-state index contributed by atoms with van der Waals surface area (Å²) in [4.78, 5) is 23.5. The first-order valence-corrected chi connectivity index (χ1v) is 6.45. The molecule has 1 aliphatic heterocycles. The Hall–Kier alpha value is -1.10. The van der Waals surface area contributed by atoms with E-state index < -0.39 is 12.1 Å². The predicted molar refractivity (Wildman–Crippen MR) is 67.3 cm³/mol. The lowest BCUT2D eigenvalue weighted by molar-refractivity contribution is -0.126. The van der Waals surface area contributed by atoms with Crippen molar-refractivity contribution in [2.24, 2.45) is 11.8 Å². The molecule has 1 saturated heterocycles. The molecule has 0 saturated carbocycles. The van der Waals surface area contributed by atoms with Crippen molar-refractivity contribution in [3.05, 3.63) is 0 Å². The van der Waals surface area contributed by atoms with E-state index in [1.54, 1.807) is 0 Å². The Morgan fingerprint density at radius 1 is 1.39 bits per heavy atom. The summed E-state index contributed by atoms with van der Waals surface area (Å²) >= 11 is 0. The lowest BCUT2D eigenvalue weighted by atomic mass is 9.84. The van der Waals surface area contributed by atoms with E-state index in [2.05, 4.69) is 10.1 Å². The topological polar surface area (TPSA) is 64.6 Å². The first-order chi connectivity index (χ1) is 8.45. The molecule has 0 bridgehead atoms. The number of carbonyl (C=O) groups is 2. The summed E-state index contributed by atoms with van der Waals surface area (Å²) in [5.41, 5.74) is 0. The Labute approximate surface area is 108 Å². The maximum absolute atomic E-state index is 12.2. The molecule has 0 aromatic heterocycles. The summed E-state index contributed by atoms with van der Waals surface area (Å²) in [6.45, 7) is 6.31. The normalized spacial score (nSPS) is 25.6. The number of hydrogen-bond donors (Lipinski definition) is 1. The molecule has 0 radical (unpaired) electrons. The summed E-state index contributed by atoms with van der Waals surface area (Å²) < 4.78 is 10.1. The van der Waals surface area contributed by atoms with Gasteiger partial charge in [-0.3, -0.25) is 4.79 Å². The van der Waals surface area contributed by atoms with Crippen LogP contribution in [0.25, 0.3) is 0 Å². The highest BCUT2D eigenvalue weighted by atomic mass is 16.5. The number of methoxy groups -OCH3 is 1. The highest BCUT2D eigenvalue weighted by Crippen LogP contribution is 2.25. The zero-order valence-corrected chi connectivity index (χ0v) is 11.6. The van der Waals surface area contributed by atoms with Gasteiger partial charge in [0.2, 0.25) is 0 Å².